The molecule has 2 aromatic heterocycles. The molecule has 2 fully saturated rings. The van der Waals surface area contributed by atoms with Gasteiger partial charge in [-0.15, -0.1) is 0 Å². The van der Waals surface area contributed by atoms with Crippen molar-refractivity contribution in [1.29, 1.82) is 5.26 Å². The van der Waals surface area contributed by atoms with E-state index in [1.807, 2.05) is 13.8 Å². The Hall–Kier alpha value is -3.61. The maximum atomic E-state index is 13.3. The molecular formula is C23H28N6O4. The number of fused-ring (bicyclic) bond motifs is 1. The van der Waals surface area contributed by atoms with Crippen LogP contribution < -0.4 is 10.9 Å². The molecule has 0 bridgehead atoms. The third-order valence-corrected chi connectivity index (χ3v) is 5.99. The zero-order chi connectivity index (χ0) is 23.9. The number of carbonyl (C=O) groups is 2. The molecule has 0 radical (unpaired) electrons. The van der Waals surface area contributed by atoms with Crippen LogP contribution in [0.2, 0.25) is 0 Å². The van der Waals surface area contributed by atoms with Gasteiger partial charge >= 0.3 is 0 Å². The lowest BCUT2D eigenvalue weighted by Gasteiger charge is -2.17. The number of nitrogens with one attached hydrogen (secondary N) is 1. The summed E-state index contributed by atoms with van der Waals surface area (Å²) in [6.07, 6.45) is 6.06. The van der Waals surface area contributed by atoms with Gasteiger partial charge in [0, 0.05) is 30.8 Å². The Labute approximate surface area is 191 Å². The topological polar surface area (TPSA) is 133 Å². The van der Waals surface area contributed by atoms with E-state index >= 15 is 0 Å². The summed E-state index contributed by atoms with van der Waals surface area (Å²) in [6, 6.07) is 1.73. The largest absolute Gasteiger partial charge is 0.492 e. The van der Waals surface area contributed by atoms with E-state index in [1.165, 1.54) is 20.1 Å². The van der Waals surface area contributed by atoms with Crippen molar-refractivity contribution >= 4 is 23.5 Å². The van der Waals surface area contributed by atoms with Crippen LogP contribution in [-0.4, -0.2) is 54.6 Å². The minimum absolute atomic E-state index is 0.0252. The van der Waals surface area contributed by atoms with Crippen LogP contribution in [0.25, 0.3) is 11.7 Å². The monoisotopic (exact) mass is 452 g/mol. The third kappa shape index (κ3) is 4.23. The van der Waals surface area contributed by atoms with Crippen LogP contribution in [-0.2, 0) is 11.3 Å². The molecule has 0 spiro atoms. The average molecular weight is 453 g/mol. The molecule has 1 unspecified atom stereocenters. The first-order chi connectivity index (χ1) is 15.7. The van der Waals surface area contributed by atoms with Crippen molar-refractivity contribution < 1.29 is 14.7 Å². The summed E-state index contributed by atoms with van der Waals surface area (Å²) in [5.41, 5.74) is 0.367. The van der Waals surface area contributed by atoms with Crippen LogP contribution in [0.1, 0.15) is 61.1 Å². The fraction of sp³-hybridized carbons (Fsp3) is 0.522. The van der Waals surface area contributed by atoms with Crippen molar-refractivity contribution in [3.63, 3.8) is 0 Å². The molecule has 2 aliphatic rings. The number of aryl methyl sites for hydroxylation is 1. The summed E-state index contributed by atoms with van der Waals surface area (Å²) in [4.78, 5) is 40.3. The van der Waals surface area contributed by atoms with E-state index in [0.29, 0.717) is 36.4 Å². The van der Waals surface area contributed by atoms with Crippen molar-refractivity contribution in [3.8, 4) is 11.9 Å². The fourth-order valence-corrected chi connectivity index (χ4v) is 4.20. The molecule has 1 aliphatic heterocycles. The molecule has 10 heteroatoms. The second-order valence-corrected chi connectivity index (χ2v) is 9.14. The van der Waals surface area contributed by atoms with E-state index in [0.717, 1.165) is 19.3 Å². The second-order valence-electron chi connectivity index (χ2n) is 9.14. The van der Waals surface area contributed by atoms with Gasteiger partial charge in [0.25, 0.3) is 11.5 Å². The number of hydrogen-bond acceptors (Lipinski definition) is 6. The van der Waals surface area contributed by atoms with Crippen molar-refractivity contribution in [2.75, 3.05) is 6.54 Å². The van der Waals surface area contributed by atoms with Crippen LogP contribution in [0, 0.1) is 24.2 Å². The average Bonchev–Trinajstić information content (AvgIpc) is 3.32. The van der Waals surface area contributed by atoms with Crippen LogP contribution in [0.3, 0.4) is 0 Å². The van der Waals surface area contributed by atoms with Crippen molar-refractivity contribution in [2.45, 2.75) is 65.1 Å². The number of aromatic nitrogens is 3. The summed E-state index contributed by atoms with van der Waals surface area (Å²) >= 11 is 0. The summed E-state index contributed by atoms with van der Waals surface area (Å²) in [5.74, 6) is -1.35. The zero-order valence-corrected chi connectivity index (χ0v) is 19.0. The van der Waals surface area contributed by atoms with Crippen molar-refractivity contribution in [1.82, 2.24) is 24.4 Å². The first-order valence-electron chi connectivity index (χ1n) is 11.3. The smallest absolute Gasteiger partial charge is 0.270 e. The molecule has 10 nitrogen and oxygen atoms in total. The van der Waals surface area contributed by atoms with Gasteiger partial charge in [-0.25, -0.2) is 0 Å². The number of carbonyl (C=O) groups excluding carboxylic acids is 2. The Morgan fingerprint density at radius 1 is 1.33 bits per heavy atom. The third-order valence-electron chi connectivity index (χ3n) is 5.99. The molecule has 1 saturated carbocycles. The Morgan fingerprint density at radius 2 is 2.06 bits per heavy atom. The second kappa shape index (κ2) is 8.73. The normalized spacial score (nSPS) is 18.4. The van der Waals surface area contributed by atoms with Gasteiger partial charge in [-0.1, -0.05) is 13.8 Å². The Kier molecular flexibility index (Phi) is 5.97. The highest BCUT2D eigenvalue weighted by Gasteiger charge is 2.31. The van der Waals surface area contributed by atoms with Gasteiger partial charge in [0.2, 0.25) is 11.8 Å². The number of rotatable bonds is 6. The SMILES string of the molecule is Cc1nn2c(O)c(C(=O)NC3CC3)c(=O)n(CC(C)C)c2c1C=CC(=O)N1CCCC1C#N. The lowest BCUT2D eigenvalue weighted by atomic mass is 10.1. The first kappa shape index (κ1) is 22.6. The molecule has 1 atom stereocenters. The Balaban J connectivity index is 1.82. The molecule has 1 saturated heterocycles. The van der Waals surface area contributed by atoms with Gasteiger partial charge in [-0.3, -0.25) is 19.0 Å². The van der Waals surface area contributed by atoms with Gasteiger partial charge in [-0.05, 0) is 44.6 Å². The number of hydrogen-bond donors (Lipinski definition) is 2. The van der Waals surface area contributed by atoms with Gasteiger partial charge < -0.3 is 15.3 Å². The van der Waals surface area contributed by atoms with Crippen LogP contribution in [0.4, 0.5) is 0 Å². The van der Waals surface area contributed by atoms with Crippen molar-refractivity contribution in [3.05, 3.63) is 33.3 Å². The van der Waals surface area contributed by atoms with E-state index in [2.05, 4.69) is 16.5 Å². The zero-order valence-electron chi connectivity index (χ0n) is 19.0. The minimum Gasteiger partial charge on any atom is -0.492 e. The van der Waals surface area contributed by atoms with E-state index < -0.39 is 23.4 Å². The minimum atomic E-state index is -0.614. The highest BCUT2D eigenvalue weighted by molar-refractivity contribution is 5.97. The van der Waals surface area contributed by atoms with Gasteiger partial charge in [-0.2, -0.15) is 14.9 Å². The molecule has 3 heterocycles. The highest BCUT2D eigenvalue weighted by atomic mass is 16.3. The maximum Gasteiger partial charge on any atom is 0.270 e. The fourth-order valence-electron chi connectivity index (χ4n) is 4.20. The first-order valence-corrected chi connectivity index (χ1v) is 11.3. The maximum absolute atomic E-state index is 13.3. The number of nitriles is 1. The standard InChI is InChI=1S/C23H28N6O4/c1-13(2)12-28-21-17(8-9-18(30)27-10-4-5-16(27)11-24)14(3)26-29(21)23(33)19(22(28)32)20(31)25-15-6-7-15/h8-9,13,15-16,33H,4-7,10,12H2,1-3H3,(H,25,31). The predicted molar refractivity (Wildman–Crippen MR) is 121 cm³/mol. The van der Waals surface area contributed by atoms with E-state index in [1.54, 1.807) is 13.0 Å². The lowest BCUT2D eigenvalue weighted by Crippen LogP contribution is -2.36. The molecular weight excluding hydrogens is 424 g/mol. The van der Waals surface area contributed by atoms with E-state index in [-0.39, 0.29) is 23.4 Å². The van der Waals surface area contributed by atoms with Crippen LogP contribution in [0.15, 0.2) is 10.9 Å². The Morgan fingerprint density at radius 3 is 2.70 bits per heavy atom. The quantitative estimate of drug-likeness (QED) is 0.640. The van der Waals surface area contributed by atoms with E-state index in [4.69, 9.17) is 0 Å². The molecule has 33 heavy (non-hydrogen) atoms. The molecule has 4 rings (SSSR count). The van der Waals surface area contributed by atoms with E-state index in [9.17, 15) is 24.8 Å². The molecule has 2 amide bonds. The molecule has 2 aromatic rings. The molecule has 0 aromatic carbocycles. The Bertz CT molecular complexity index is 1240. The summed E-state index contributed by atoms with van der Waals surface area (Å²) < 4.78 is 2.63. The summed E-state index contributed by atoms with van der Waals surface area (Å²) in [7, 11) is 0. The highest BCUT2D eigenvalue weighted by Crippen LogP contribution is 2.26. The molecule has 2 N–H and O–H groups in total. The molecule has 174 valence electrons. The summed E-state index contributed by atoms with van der Waals surface area (Å²) in [6.45, 7) is 6.41. The number of nitrogens with zero attached hydrogens (tertiary/aromatic N) is 5. The van der Waals surface area contributed by atoms with Gasteiger partial charge in [0.05, 0.1) is 11.8 Å². The number of amides is 2. The predicted octanol–water partition coefficient (Wildman–Crippen LogP) is 1.59. The van der Waals surface area contributed by atoms with Crippen LogP contribution in [0.5, 0.6) is 5.88 Å². The van der Waals surface area contributed by atoms with Gasteiger partial charge in [0.1, 0.15) is 11.7 Å². The lowest BCUT2D eigenvalue weighted by molar-refractivity contribution is -0.125. The molecule has 1 aliphatic carbocycles. The van der Waals surface area contributed by atoms with Crippen molar-refractivity contribution in [2.24, 2.45) is 5.92 Å². The van der Waals surface area contributed by atoms with Gasteiger partial charge in [0.15, 0.2) is 5.56 Å². The summed E-state index contributed by atoms with van der Waals surface area (Å²) in [5, 5.41) is 27.2. The number of likely N-dealkylation sites (tertiary alicyclic amines) is 1. The van der Waals surface area contributed by atoms with Crippen LogP contribution >= 0.6 is 0 Å². The number of aromatic hydroxyl groups is 1.